The van der Waals surface area contributed by atoms with Gasteiger partial charge in [-0.1, -0.05) is 17.8 Å². The Morgan fingerprint density at radius 3 is 2.43 bits per heavy atom. The predicted octanol–water partition coefficient (Wildman–Crippen LogP) is 4.47. The van der Waals surface area contributed by atoms with Crippen LogP contribution in [0.15, 0.2) is 47.4 Å². The van der Waals surface area contributed by atoms with Gasteiger partial charge in [0.25, 0.3) is 17.4 Å². The van der Waals surface area contributed by atoms with Crippen LogP contribution in [0.1, 0.15) is 15.9 Å². The first-order valence-corrected chi connectivity index (χ1v) is 7.36. The van der Waals surface area contributed by atoms with Crippen LogP contribution >= 0.6 is 11.8 Å². The lowest BCUT2D eigenvalue weighted by Gasteiger charge is -2.09. The number of aryl methyl sites for hydroxylation is 1. The second kappa shape index (κ2) is 7.19. The summed E-state index contributed by atoms with van der Waals surface area (Å²) in [4.78, 5) is 22.7. The standard InChI is InChI=1S/C15H12F2N2O3S/c1-9-2-5-11(19(21)22)8-13(9)18-14(20)10-3-6-12(7-4-10)23-15(16)17/h2-8,15H,1H3,(H,18,20). The Morgan fingerprint density at radius 1 is 1.22 bits per heavy atom. The molecule has 0 heterocycles. The number of nitro groups is 1. The summed E-state index contributed by atoms with van der Waals surface area (Å²) in [7, 11) is 0. The molecule has 120 valence electrons. The average molecular weight is 338 g/mol. The molecule has 0 saturated carbocycles. The predicted molar refractivity (Wildman–Crippen MR) is 84.1 cm³/mol. The molecule has 0 aliphatic rings. The number of benzene rings is 2. The quantitative estimate of drug-likeness (QED) is 0.496. The maximum absolute atomic E-state index is 12.2. The van der Waals surface area contributed by atoms with Crippen LogP contribution < -0.4 is 5.32 Å². The van der Waals surface area contributed by atoms with Crippen LogP contribution in [-0.4, -0.2) is 16.6 Å². The largest absolute Gasteiger partial charge is 0.321 e. The smallest absolute Gasteiger partial charge is 0.288 e. The van der Waals surface area contributed by atoms with Gasteiger partial charge in [0.1, 0.15) is 0 Å². The molecule has 0 aliphatic carbocycles. The van der Waals surface area contributed by atoms with E-state index in [1.807, 2.05) is 0 Å². The van der Waals surface area contributed by atoms with E-state index in [-0.39, 0.29) is 11.3 Å². The third-order valence-corrected chi connectivity index (χ3v) is 3.74. The van der Waals surface area contributed by atoms with Crippen LogP contribution in [-0.2, 0) is 0 Å². The number of alkyl halides is 2. The van der Waals surface area contributed by atoms with Crippen molar-refractivity contribution in [2.75, 3.05) is 5.32 Å². The highest BCUT2D eigenvalue weighted by Crippen LogP contribution is 2.26. The number of hydrogen-bond donors (Lipinski definition) is 1. The Bertz CT molecular complexity index is 736. The number of nitro benzene ring substituents is 1. The van der Waals surface area contributed by atoms with Crippen molar-refractivity contribution in [1.29, 1.82) is 0 Å². The van der Waals surface area contributed by atoms with E-state index >= 15 is 0 Å². The molecule has 0 aromatic heterocycles. The minimum absolute atomic E-state index is 0.130. The topological polar surface area (TPSA) is 72.2 Å². The number of halogens is 2. The summed E-state index contributed by atoms with van der Waals surface area (Å²) in [6.45, 7) is 1.71. The molecule has 0 aliphatic heterocycles. The van der Waals surface area contributed by atoms with Crippen molar-refractivity contribution >= 4 is 29.0 Å². The molecule has 0 fully saturated rings. The average Bonchev–Trinajstić information content (AvgIpc) is 2.49. The molecule has 0 saturated heterocycles. The van der Waals surface area contributed by atoms with Crippen LogP contribution in [0.25, 0.3) is 0 Å². The van der Waals surface area contributed by atoms with Crippen LogP contribution in [0.3, 0.4) is 0 Å². The highest BCUT2D eigenvalue weighted by Gasteiger charge is 2.13. The Morgan fingerprint density at radius 2 is 1.87 bits per heavy atom. The molecule has 8 heteroatoms. The Balaban J connectivity index is 2.15. The van der Waals surface area contributed by atoms with Crippen molar-refractivity contribution in [3.05, 3.63) is 63.7 Å². The fourth-order valence-corrected chi connectivity index (χ4v) is 2.34. The van der Waals surface area contributed by atoms with Gasteiger partial charge in [-0.15, -0.1) is 0 Å². The lowest BCUT2D eigenvalue weighted by atomic mass is 10.1. The zero-order valence-electron chi connectivity index (χ0n) is 12.0. The molecule has 2 aromatic carbocycles. The van der Waals surface area contributed by atoms with E-state index < -0.39 is 16.6 Å². The Hall–Kier alpha value is -2.48. The van der Waals surface area contributed by atoms with Crippen molar-refractivity contribution in [2.24, 2.45) is 0 Å². The van der Waals surface area contributed by atoms with Crippen molar-refractivity contribution < 1.29 is 18.5 Å². The number of amides is 1. The maximum Gasteiger partial charge on any atom is 0.288 e. The van der Waals surface area contributed by atoms with Gasteiger partial charge in [-0.25, -0.2) is 0 Å². The minimum Gasteiger partial charge on any atom is -0.321 e. The van der Waals surface area contributed by atoms with Gasteiger partial charge in [0.2, 0.25) is 0 Å². The van der Waals surface area contributed by atoms with Crippen LogP contribution in [0.5, 0.6) is 0 Å². The summed E-state index contributed by atoms with van der Waals surface area (Å²) >= 11 is 0.390. The second-order valence-corrected chi connectivity index (χ2v) is 5.68. The van der Waals surface area contributed by atoms with Gasteiger partial charge in [0.05, 0.1) is 10.6 Å². The van der Waals surface area contributed by atoms with E-state index in [0.29, 0.717) is 27.9 Å². The van der Waals surface area contributed by atoms with Crippen LogP contribution in [0.4, 0.5) is 20.2 Å². The van der Waals surface area contributed by atoms with E-state index in [9.17, 15) is 23.7 Å². The third kappa shape index (κ3) is 4.49. The summed E-state index contributed by atoms with van der Waals surface area (Å²) in [6, 6.07) is 9.85. The van der Waals surface area contributed by atoms with Gasteiger partial charge < -0.3 is 5.32 Å². The molecule has 23 heavy (non-hydrogen) atoms. The van der Waals surface area contributed by atoms with Crippen molar-refractivity contribution in [3.8, 4) is 0 Å². The first-order chi connectivity index (χ1) is 10.9. The fourth-order valence-electron chi connectivity index (χ4n) is 1.84. The number of anilines is 1. The zero-order valence-corrected chi connectivity index (χ0v) is 12.8. The second-order valence-electron chi connectivity index (χ2n) is 4.61. The molecular formula is C15H12F2N2O3S. The van der Waals surface area contributed by atoms with E-state index in [1.54, 1.807) is 6.92 Å². The maximum atomic E-state index is 12.2. The molecule has 0 radical (unpaired) electrons. The molecule has 0 atom stereocenters. The number of thioether (sulfide) groups is 1. The van der Waals surface area contributed by atoms with E-state index in [2.05, 4.69) is 5.32 Å². The van der Waals surface area contributed by atoms with E-state index in [0.717, 1.165) is 0 Å². The number of nitrogens with zero attached hydrogens (tertiary/aromatic N) is 1. The number of rotatable bonds is 5. The van der Waals surface area contributed by atoms with Crippen molar-refractivity contribution in [2.45, 2.75) is 17.6 Å². The molecule has 2 rings (SSSR count). The van der Waals surface area contributed by atoms with Gasteiger partial charge in [-0.3, -0.25) is 14.9 Å². The first kappa shape index (κ1) is 16.9. The highest BCUT2D eigenvalue weighted by atomic mass is 32.2. The van der Waals surface area contributed by atoms with Crippen LogP contribution in [0, 0.1) is 17.0 Å². The number of non-ortho nitro benzene ring substituents is 1. The highest BCUT2D eigenvalue weighted by molar-refractivity contribution is 7.99. The SMILES string of the molecule is Cc1ccc([N+](=O)[O-])cc1NC(=O)c1ccc(SC(F)F)cc1. The zero-order chi connectivity index (χ0) is 17.0. The molecule has 0 spiro atoms. The lowest BCUT2D eigenvalue weighted by molar-refractivity contribution is -0.384. The summed E-state index contributed by atoms with van der Waals surface area (Å²) in [6.07, 6.45) is 0. The Kier molecular flexibility index (Phi) is 5.28. The molecule has 5 nitrogen and oxygen atoms in total. The van der Waals surface area contributed by atoms with Gasteiger partial charge in [-0.2, -0.15) is 8.78 Å². The summed E-state index contributed by atoms with van der Waals surface area (Å²) < 4.78 is 24.5. The summed E-state index contributed by atoms with van der Waals surface area (Å²) in [5.74, 6) is -3.00. The van der Waals surface area contributed by atoms with Gasteiger partial charge in [0.15, 0.2) is 0 Å². The minimum atomic E-state index is -2.53. The molecule has 2 aromatic rings. The molecular weight excluding hydrogens is 326 g/mol. The monoisotopic (exact) mass is 338 g/mol. The summed E-state index contributed by atoms with van der Waals surface area (Å²) in [5.41, 5.74) is 1.15. The fraction of sp³-hybridized carbons (Fsp3) is 0.133. The Labute approximate surface area is 134 Å². The number of nitrogens with one attached hydrogen (secondary N) is 1. The van der Waals surface area contributed by atoms with Crippen LogP contribution in [0.2, 0.25) is 0 Å². The molecule has 0 unspecified atom stereocenters. The molecule has 1 N–H and O–H groups in total. The normalized spacial score (nSPS) is 10.6. The third-order valence-electron chi connectivity index (χ3n) is 3.02. The molecule has 0 bridgehead atoms. The van der Waals surface area contributed by atoms with Crippen molar-refractivity contribution in [1.82, 2.24) is 0 Å². The first-order valence-electron chi connectivity index (χ1n) is 6.48. The van der Waals surface area contributed by atoms with E-state index in [4.69, 9.17) is 0 Å². The van der Waals surface area contributed by atoms with Crippen molar-refractivity contribution in [3.63, 3.8) is 0 Å². The number of carbonyl (C=O) groups is 1. The lowest BCUT2D eigenvalue weighted by Crippen LogP contribution is -2.12. The van der Waals surface area contributed by atoms with Gasteiger partial charge >= 0.3 is 0 Å². The number of hydrogen-bond acceptors (Lipinski definition) is 4. The number of carbonyl (C=O) groups excluding carboxylic acids is 1. The van der Waals surface area contributed by atoms with E-state index in [1.165, 1.54) is 42.5 Å². The van der Waals surface area contributed by atoms with Gasteiger partial charge in [-0.05, 0) is 36.8 Å². The summed E-state index contributed by atoms with van der Waals surface area (Å²) in [5, 5.41) is 13.4. The molecule has 1 amide bonds. The van der Waals surface area contributed by atoms with Gasteiger partial charge in [0, 0.05) is 22.6 Å².